The fourth-order valence-corrected chi connectivity index (χ4v) is 1.50. The molecule has 0 saturated heterocycles. The van der Waals surface area contributed by atoms with Crippen LogP contribution >= 0.6 is 11.6 Å². The molecule has 5 heteroatoms. The van der Waals surface area contributed by atoms with Crippen LogP contribution in [0.15, 0.2) is 11.0 Å². The number of anilines is 1. The second-order valence-corrected chi connectivity index (χ2v) is 6.01. The largest absolute Gasteiger partial charge is 0.382 e. The molecule has 0 radical (unpaired) electrons. The highest BCUT2D eigenvalue weighted by molar-refractivity contribution is 6.32. The molecule has 1 aromatic rings. The molecule has 0 unspecified atom stereocenters. The molecule has 0 aliphatic rings. The van der Waals surface area contributed by atoms with Crippen molar-refractivity contribution >= 4 is 17.3 Å². The molecule has 4 nitrogen and oxygen atoms in total. The third-order valence-electron chi connectivity index (χ3n) is 2.24. The topological polar surface area (TPSA) is 46.9 Å². The predicted molar refractivity (Wildman–Crippen MR) is 71.8 cm³/mol. The molecule has 0 atom stereocenters. The summed E-state index contributed by atoms with van der Waals surface area (Å²) in [6.07, 6.45) is 1.61. The normalized spacial score (nSPS) is 11.9. The molecule has 0 aromatic carbocycles. The first kappa shape index (κ1) is 14.0. The Morgan fingerprint density at radius 1 is 1.47 bits per heavy atom. The molecule has 0 saturated carbocycles. The Bertz CT molecular complexity index is 446. The van der Waals surface area contributed by atoms with Gasteiger partial charge in [-0.15, -0.1) is 0 Å². The minimum Gasteiger partial charge on any atom is -0.382 e. The molecule has 0 spiro atoms. The maximum Gasteiger partial charge on any atom is 0.287 e. The highest BCUT2D eigenvalue weighted by Gasteiger charge is 2.14. The van der Waals surface area contributed by atoms with E-state index in [9.17, 15) is 4.79 Å². The summed E-state index contributed by atoms with van der Waals surface area (Å²) in [6, 6.07) is 0.0108. The Kier molecular flexibility index (Phi) is 4.20. The van der Waals surface area contributed by atoms with Gasteiger partial charge in [-0.2, -0.15) is 5.10 Å². The number of nitrogens with one attached hydrogen (secondary N) is 1. The molecule has 1 heterocycles. The Morgan fingerprint density at radius 2 is 2.06 bits per heavy atom. The molecule has 96 valence electrons. The van der Waals surface area contributed by atoms with Gasteiger partial charge in [-0.05, 0) is 19.3 Å². The molecule has 17 heavy (non-hydrogen) atoms. The average Bonchev–Trinajstić information content (AvgIpc) is 2.18. The van der Waals surface area contributed by atoms with Crippen LogP contribution in [0.3, 0.4) is 0 Å². The van der Waals surface area contributed by atoms with Crippen molar-refractivity contribution < 1.29 is 0 Å². The number of halogens is 1. The van der Waals surface area contributed by atoms with Crippen molar-refractivity contribution in [3.05, 3.63) is 21.6 Å². The van der Waals surface area contributed by atoms with E-state index in [-0.39, 0.29) is 22.0 Å². The van der Waals surface area contributed by atoms with E-state index in [1.165, 1.54) is 4.68 Å². The van der Waals surface area contributed by atoms with Crippen LogP contribution in [0.25, 0.3) is 0 Å². The van der Waals surface area contributed by atoms with Gasteiger partial charge in [0.1, 0.15) is 5.02 Å². The maximum atomic E-state index is 11.9. The van der Waals surface area contributed by atoms with Crippen molar-refractivity contribution in [3.8, 4) is 0 Å². The average molecular weight is 258 g/mol. The Hall–Kier alpha value is -1.03. The molecular formula is C12H20ClN3O. The molecular weight excluding hydrogens is 238 g/mol. The zero-order valence-corrected chi connectivity index (χ0v) is 11.8. The number of hydrogen-bond acceptors (Lipinski definition) is 3. The van der Waals surface area contributed by atoms with Crippen LogP contribution in [0.2, 0.25) is 5.02 Å². The van der Waals surface area contributed by atoms with Crippen LogP contribution < -0.4 is 10.9 Å². The van der Waals surface area contributed by atoms with Crippen molar-refractivity contribution in [3.63, 3.8) is 0 Å². The minimum atomic E-state index is -0.249. The van der Waals surface area contributed by atoms with Gasteiger partial charge in [-0.1, -0.05) is 32.4 Å². The van der Waals surface area contributed by atoms with Crippen LogP contribution in [0.4, 0.5) is 5.69 Å². The van der Waals surface area contributed by atoms with Gasteiger partial charge in [0, 0.05) is 6.54 Å². The van der Waals surface area contributed by atoms with Crippen LogP contribution in [0.1, 0.15) is 40.7 Å². The maximum absolute atomic E-state index is 11.9. The minimum absolute atomic E-state index is 0.0108. The first-order chi connectivity index (χ1) is 7.72. The van der Waals surface area contributed by atoms with E-state index >= 15 is 0 Å². The standard InChI is InChI=1S/C12H20ClN3O/c1-8(2)16-11(17)10(13)9(6-15-16)14-7-12(3,4)5/h6,8,14H,7H2,1-5H3. The molecule has 0 bridgehead atoms. The Morgan fingerprint density at radius 3 is 2.53 bits per heavy atom. The lowest BCUT2D eigenvalue weighted by molar-refractivity contribution is 0.442. The van der Waals surface area contributed by atoms with E-state index in [1.54, 1.807) is 6.20 Å². The van der Waals surface area contributed by atoms with E-state index in [1.807, 2.05) is 13.8 Å². The van der Waals surface area contributed by atoms with Crippen molar-refractivity contribution in [2.75, 3.05) is 11.9 Å². The van der Waals surface area contributed by atoms with Crippen LogP contribution in [-0.4, -0.2) is 16.3 Å². The van der Waals surface area contributed by atoms with Gasteiger partial charge in [0.15, 0.2) is 0 Å². The molecule has 0 aliphatic heterocycles. The lowest BCUT2D eigenvalue weighted by Gasteiger charge is -2.20. The quantitative estimate of drug-likeness (QED) is 0.906. The van der Waals surface area contributed by atoms with Gasteiger partial charge in [-0.3, -0.25) is 4.79 Å². The van der Waals surface area contributed by atoms with Gasteiger partial charge in [0.05, 0.1) is 17.9 Å². The molecule has 1 N–H and O–H groups in total. The molecule has 1 aromatic heterocycles. The third-order valence-corrected chi connectivity index (χ3v) is 2.61. The molecule has 0 aliphatic carbocycles. The number of hydrogen-bond donors (Lipinski definition) is 1. The smallest absolute Gasteiger partial charge is 0.287 e. The fraction of sp³-hybridized carbons (Fsp3) is 0.667. The highest BCUT2D eigenvalue weighted by Crippen LogP contribution is 2.19. The lowest BCUT2D eigenvalue weighted by atomic mass is 9.97. The zero-order chi connectivity index (χ0) is 13.2. The van der Waals surface area contributed by atoms with Crippen LogP contribution in [-0.2, 0) is 0 Å². The number of aromatic nitrogens is 2. The number of nitrogens with zero attached hydrogens (tertiary/aromatic N) is 2. The van der Waals surface area contributed by atoms with Crippen molar-refractivity contribution in [2.24, 2.45) is 5.41 Å². The highest BCUT2D eigenvalue weighted by atomic mass is 35.5. The van der Waals surface area contributed by atoms with Crippen molar-refractivity contribution in [2.45, 2.75) is 40.7 Å². The van der Waals surface area contributed by atoms with Crippen LogP contribution in [0.5, 0.6) is 0 Å². The summed E-state index contributed by atoms with van der Waals surface area (Å²) in [7, 11) is 0. The monoisotopic (exact) mass is 257 g/mol. The van der Waals surface area contributed by atoms with Crippen molar-refractivity contribution in [1.82, 2.24) is 9.78 Å². The van der Waals surface area contributed by atoms with Crippen LogP contribution in [0, 0.1) is 5.41 Å². The fourth-order valence-electron chi connectivity index (χ4n) is 1.30. The molecule has 0 fully saturated rings. The first-order valence-electron chi connectivity index (χ1n) is 5.73. The summed E-state index contributed by atoms with van der Waals surface area (Å²) in [5.41, 5.74) is 0.472. The zero-order valence-electron chi connectivity index (χ0n) is 11.0. The van der Waals surface area contributed by atoms with Gasteiger partial charge in [-0.25, -0.2) is 4.68 Å². The molecule has 1 rings (SSSR count). The van der Waals surface area contributed by atoms with E-state index in [0.717, 1.165) is 6.54 Å². The SMILES string of the molecule is CC(C)n1ncc(NCC(C)(C)C)c(Cl)c1=O. The van der Waals surface area contributed by atoms with E-state index in [0.29, 0.717) is 5.69 Å². The van der Waals surface area contributed by atoms with Gasteiger partial charge >= 0.3 is 0 Å². The second-order valence-electron chi connectivity index (χ2n) is 5.63. The summed E-state index contributed by atoms with van der Waals surface area (Å²) >= 11 is 6.04. The van der Waals surface area contributed by atoms with Gasteiger partial charge in [0.25, 0.3) is 5.56 Å². The summed E-state index contributed by atoms with van der Waals surface area (Å²) in [4.78, 5) is 11.9. The summed E-state index contributed by atoms with van der Waals surface area (Å²) < 4.78 is 1.38. The van der Waals surface area contributed by atoms with E-state index in [4.69, 9.17) is 11.6 Å². The first-order valence-corrected chi connectivity index (χ1v) is 6.11. The summed E-state index contributed by atoms with van der Waals surface area (Å²) in [6.45, 7) is 10.9. The van der Waals surface area contributed by atoms with Gasteiger partial charge < -0.3 is 5.32 Å². The summed E-state index contributed by atoms with van der Waals surface area (Å²) in [5, 5.41) is 7.45. The third kappa shape index (κ3) is 3.73. The summed E-state index contributed by atoms with van der Waals surface area (Å²) in [5.74, 6) is 0. The second kappa shape index (κ2) is 5.08. The number of rotatable bonds is 3. The Labute approximate surface area is 107 Å². The van der Waals surface area contributed by atoms with Gasteiger partial charge in [0.2, 0.25) is 0 Å². The molecule has 0 amide bonds. The van der Waals surface area contributed by atoms with E-state index in [2.05, 4.69) is 31.2 Å². The predicted octanol–water partition coefficient (Wildman–Crippen LogP) is 2.94. The lowest BCUT2D eigenvalue weighted by Crippen LogP contribution is -2.27. The van der Waals surface area contributed by atoms with E-state index < -0.39 is 0 Å². The Balaban J connectivity index is 2.98. The van der Waals surface area contributed by atoms with Crippen molar-refractivity contribution in [1.29, 1.82) is 0 Å².